The monoisotopic (exact) mass is 585 g/mol. The van der Waals surface area contributed by atoms with Gasteiger partial charge in [0.2, 0.25) is 15.9 Å². The lowest BCUT2D eigenvalue weighted by atomic mass is 10.0. The molecule has 0 spiro atoms. The molecule has 2 heterocycles. The number of amides is 1. The zero-order valence-corrected chi connectivity index (χ0v) is 24.9. The fraction of sp³-hybridized carbons (Fsp3) is 0.500. The van der Waals surface area contributed by atoms with Crippen LogP contribution in [0.5, 0.6) is 11.5 Å². The third kappa shape index (κ3) is 7.58. The molecule has 2 aromatic rings. The molecule has 2 aliphatic heterocycles. The molecule has 3 atom stereocenters. The van der Waals surface area contributed by atoms with E-state index in [1.807, 2.05) is 31.2 Å². The van der Waals surface area contributed by atoms with Crippen LogP contribution in [0.25, 0.3) is 0 Å². The third-order valence-electron chi connectivity index (χ3n) is 7.43. The minimum Gasteiger partial charge on any atom is -0.497 e. The van der Waals surface area contributed by atoms with Gasteiger partial charge >= 0.3 is 0 Å². The lowest BCUT2D eigenvalue weighted by molar-refractivity contribution is -0.133. The number of aliphatic hydroxyl groups is 1. The molecule has 1 fully saturated rings. The summed E-state index contributed by atoms with van der Waals surface area (Å²) in [6.45, 7) is 6.55. The molecule has 41 heavy (non-hydrogen) atoms. The van der Waals surface area contributed by atoms with Crippen molar-refractivity contribution in [2.45, 2.75) is 30.9 Å². The normalized spacial score (nSPS) is 21.7. The van der Waals surface area contributed by atoms with E-state index in [0.717, 1.165) is 5.56 Å². The van der Waals surface area contributed by atoms with Crippen LogP contribution in [0.2, 0.25) is 0 Å². The molecular weight excluding hydrogens is 546 g/mol. The molecule has 0 saturated carbocycles. The molecule has 0 bridgehead atoms. The van der Waals surface area contributed by atoms with Gasteiger partial charge in [0, 0.05) is 49.8 Å². The number of morpholine rings is 1. The van der Waals surface area contributed by atoms with Crippen LogP contribution in [-0.2, 0) is 19.6 Å². The van der Waals surface area contributed by atoms with Crippen molar-refractivity contribution in [3.05, 3.63) is 53.6 Å². The van der Waals surface area contributed by atoms with Crippen LogP contribution in [-0.4, -0.2) is 112 Å². The van der Waals surface area contributed by atoms with Gasteiger partial charge < -0.3 is 24.2 Å². The minimum atomic E-state index is -3.98. The highest BCUT2D eigenvalue weighted by Gasteiger charge is 2.38. The van der Waals surface area contributed by atoms with Crippen molar-refractivity contribution in [1.82, 2.24) is 14.1 Å². The first-order valence-corrected chi connectivity index (χ1v) is 15.2. The van der Waals surface area contributed by atoms with E-state index in [2.05, 4.69) is 16.7 Å². The number of fused-ring (bicyclic) bond motifs is 1. The second-order valence-electron chi connectivity index (χ2n) is 10.5. The number of aliphatic hydroxyl groups excluding tert-OH is 1. The van der Waals surface area contributed by atoms with Crippen LogP contribution in [0.4, 0.5) is 0 Å². The smallest absolute Gasteiger partial charge is 0.247 e. The molecule has 222 valence electrons. The second-order valence-corrected chi connectivity index (χ2v) is 12.4. The van der Waals surface area contributed by atoms with Crippen molar-refractivity contribution >= 4 is 15.9 Å². The van der Waals surface area contributed by atoms with Crippen LogP contribution < -0.4 is 9.47 Å². The fourth-order valence-corrected chi connectivity index (χ4v) is 6.64. The number of benzene rings is 2. The van der Waals surface area contributed by atoms with Gasteiger partial charge in [-0.05, 0) is 43.3 Å². The maximum Gasteiger partial charge on any atom is 0.247 e. The molecule has 10 nitrogen and oxygen atoms in total. The number of sulfonamides is 1. The Hall–Kier alpha value is -3.14. The Morgan fingerprint density at radius 2 is 1.88 bits per heavy atom. The van der Waals surface area contributed by atoms with E-state index in [4.69, 9.17) is 14.2 Å². The predicted molar refractivity (Wildman–Crippen MR) is 154 cm³/mol. The topological polar surface area (TPSA) is 109 Å². The van der Waals surface area contributed by atoms with Gasteiger partial charge in [-0.25, -0.2) is 8.42 Å². The molecule has 11 heteroatoms. The average molecular weight is 586 g/mol. The Labute approximate surface area is 242 Å². The molecule has 2 aliphatic rings. The number of carbonyl (C=O) groups excluding carboxylic acids is 1. The number of hydrogen-bond acceptors (Lipinski definition) is 8. The van der Waals surface area contributed by atoms with E-state index in [0.29, 0.717) is 37.6 Å². The minimum absolute atomic E-state index is 0.00364. The van der Waals surface area contributed by atoms with Crippen molar-refractivity contribution in [1.29, 1.82) is 0 Å². The molecular formula is C30H39N3O7S. The maximum absolute atomic E-state index is 13.7. The first-order valence-electron chi connectivity index (χ1n) is 13.8. The van der Waals surface area contributed by atoms with Crippen molar-refractivity contribution < 1.29 is 32.5 Å². The van der Waals surface area contributed by atoms with Crippen LogP contribution >= 0.6 is 0 Å². The number of ether oxygens (including phenoxy) is 3. The van der Waals surface area contributed by atoms with Gasteiger partial charge in [0.25, 0.3) is 0 Å². The number of nitrogens with zero attached hydrogens (tertiary/aromatic N) is 3. The molecule has 4 rings (SSSR count). The van der Waals surface area contributed by atoms with Crippen LogP contribution in [0.15, 0.2) is 47.4 Å². The van der Waals surface area contributed by atoms with Crippen molar-refractivity contribution in [2.24, 2.45) is 5.92 Å². The lowest BCUT2D eigenvalue weighted by Gasteiger charge is -2.38. The zero-order valence-electron chi connectivity index (χ0n) is 24.1. The lowest BCUT2D eigenvalue weighted by Crippen LogP contribution is -2.51. The summed E-state index contributed by atoms with van der Waals surface area (Å²) in [5.74, 6) is 6.71. The first-order chi connectivity index (χ1) is 19.6. The highest BCUT2D eigenvalue weighted by atomic mass is 32.2. The van der Waals surface area contributed by atoms with Crippen LogP contribution in [0.1, 0.15) is 25.0 Å². The quantitative estimate of drug-likeness (QED) is 0.489. The van der Waals surface area contributed by atoms with E-state index >= 15 is 0 Å². The Morgan fingerprint density at radius 3 is 2.56 bits per heavy atom. The summed E-state index contributed by atoms with van der Waals surface area (Å²) in [6.07, 6.45) is -0.502. The van der Waals surface area contributed by atoms with E-state index < -0.39 is 22.2 Å². The van der Waals surface area contributed by atoms with E-state index in [9.17, 15) is 18.3 Å². The summed E-state index contributed by atoms with van der Waals surface area (Å²) in [6, 6.07) is 11.5. The number of carbonyl (C=O) groups is 1. The highest BCUT2D eigenvalue weighted by Crippen LogP contribution is 2.34. The molecule has 1 amide bonds. The molecule has 2 aromatic carbocycles. The molecule has 1 N–H and O–H groups in total. The zero-order chi connectivity index (χ0) is 29.6. The summed E-state index contributed by atoms with van der Waals surface area (Å²) in [5.41, 5.74) is 1.33. The molecule has 0 aliphatic carbocycles. The van der Waals surface area contributed by atoms with E-state index in [1.54, 1.807) is 38.1 Å². The van der Waals surface area contributed by atoms with E-state index in [1.165, 1.54) is 10.4 Å². The Kier molecular flexibility index (Phi) is 10.3. The van der Waals surface area contributed by atoms with Gasteiger partial charge in [0.15, 0.2) is 0 Å². The fourth-order valence-electron chi connectivity index (χ4n) is 4.81. The van der Waals surface area contributed by atoms with Crippen molar-refractivity contribution in [2.75, 3.05) is 66.7 Å². The molecule has 0 aromatic heterocycles. The SMILES string of the molecule is COc1cccc(C#Cc2ccc3c(c2)O[C@@H](CN(C)C(=O)CN2CCOCC2)[C@@H](C)CN([C@@H](C)CO)S3(=O)=O)c1. The van der Waals surface area contributed by atoms with Gasteiger partial charge in [-0.2, -0.15) is 4.31 Å². The molecule has 0 radical (unpaired) electrons. The first kappa shape index (κ1) is 30.8. The van der Waals surface area contributed by atoms with Crippen LogP contribution in [0, 0.1) is 17.8 Å². The molecule has 1 saturated heterocycles. The second kappa shape index (κ2) is 13.7. The summed E-state index contributed by atoms with van der Waals surface area (Å²) >= 11 is 0. The number of hydrogen-bond donors (Lipinski definition) is 1. The largest absolute Gasteiger partial charge is 0.497 e. The van der Waals surface area contributed by atoms with Crippen molar-refractivity contribution in [3.8, 4) is 23.3 Å². The standard InChI is InChI=1S/C30H39N3O7S/c1-22-18-33(23(2)21-34)41(36,37)29-11-10-25(9-8-24-6-5-7-26(16-24)38-4)17-27(29)40-28(22)19-31(3)30(35)20-32-12-14-39-15-13-32/h5-7,10-11,16-17,22-23,28,34H,12-15,18-21H2,1-4H3/t22-,23-,28-/m0/s1. The third-order valence-corrected chi connectivity index (χ3v) is 9.45. The van der Waals surface area contributed by atoms with Gasteiger partial charge in [0.05, 0.1) is 40.0 Å². The van der Waals surface area contributed by atoms with Crippen LogP contribution in [0.3, 0.4) is 0 Å². The number of likely N-dealkylation sites (N-methyl/N-ethyl adjacent to an activating group) is 1. The molecule has 0 unspecified atom stereocenters. The Morgan fingerprint density at radius 1 is 1.17 bits per heavy atom. The number of methoxy groups -OCH3 is 1. The van der Waals surface area contributed by atoms with E-state index in [-0.39, 0.29) is 48.7 Å². The summed E-state index contributed by atoms with van der Waals surface area (Å²) in [4.78, 5) is 16.8. The summed E-state index contributed by atoms with van der Waals surface area (Å²) in [5, 5.41) is 9.88. The Balaban J connectivity index is 1.65. The maximum atomic E-state index is 13.7. The average Bonchev–Trinajstić information content (AvgIpc) is 2.97. The summed E-state index contributed by atoms with van der Waals surface area (Å²) < 4.78 is 45.9. The van der Waals surface area contributed by atoms with Gasteiger partial charge in [-0.15, -0.1) is 0 Å². The number of rotatable bonds is 7. The predicted octanol–water partition coefficient (Wildman–Crippen LogP) is 1.65. The van der Waals surface area contributed by atoms with Gasteiger partial charge in [0.1, 0.15) is 22.5 Å². The Bertz CT molecular complexity index is 1380. The van der Waals surface area contributed by atoms with Gasteiger partial charge in [-0.3, -0.25) is 9.69 Å². The summed E-state index contributed by atoms with van der Waals surface area (Å²) in [7, 11) is -0.658. The van der Waals surface area contributed by atoms with Gasteiger partial charge in [-0.1, -0.05) is 24.8 Å². The highest BCUT2D eigenvalue weighted by molar-refractivity contribution is 7.89. The van der Waals surface area contributed by atoms with Crippen molar-refractivity contribution in [3.63, 3.8) is 0 Å².